The van der Waals surface area contributed by atoms with Gasteiger partial charge in [0.1, 0.15) is 11.6 Å². The largest absolute Gasteiger partial charge is 0.435 e. The molecule has 0 unspecified atom stereocenters. The quantitative estimate of drug-likeness (QED) is 0.400. The molecule has 0 spiro atoms. The van der Waals surface area contributed by atoms with Crippen LogP contribution in [0.4, 0.5) is 18.9 Å². The van der Waals surface area contributed by atoms with Crippen LogP contribution >= 0.6 is 35.0 Å². The molecule has 1 aromatic carbocycles. The molecule has 1 aromatic heterocycles. The molecule has 0 atom stereocenters. The molecule has 5 nitrogen and oxygen atoms in total. The first-order valence-electron chi connectivity index (χ1n) is 7.14. The van der Waals surface area contributed by atoms with Crippen LogP contribution in [0.3, 0.4) is 0 Å². The third-order valence-corrected chi connectivity index (χ3v) is 4.74. The van der Waals surface area contributed by atoms with Crippen molar-refractivity contribution in [3.63, 3.8) is 0 Å². The van der Waals surface area contributed by atoms with Gasteiger partial charge in [-0.3, -0.25) is 9.48 Å². The summed E-state index contributed by atoms with van der Waals surface area (Å²) in [6.45, 7) is 0. The van der Waals surface area contributed by atoms with Gasteiger partial charge in [-0.1, -0.05) is 23.2 Å². The van der Waals surface area contributed by atoms with Crippen LogP contribution in [-0.2, 0) is 13.2 Å². The highest BCUT2D eigenvalue weighted by molar-refractivity contribution is 8.02. The van der Waals surface area contributed by atoms with Gasteiger partial charge in [-0.2, -0.15) is 23.5 Å². The van der Waals surface area contributed by atoms with Gasteiger partial charge in [-0.05, 0) is 24.5 Å². The van der Waals surface area contributed by atoms with E-state index in [1.165, 1.54) is 19.2 Å². The van der Waals surface area contributed by atoms with Crippen molar-refractivity contribution in [1.29, 1.82) is 5.26 Å². The lowest BCUT2D eigenvalue weighted by molar-refractivity contribution is -0.141. The first-order chi connectivity index (χ1) is 12.6. The van der Waals surface area contributed by atoms with Gasteiger partial charge in [0.05, 0.1) is 20.6 Å². The molecule has 0 saturated heterocycles. The predicted octanol–water partition coefficient (Wildman–Crippen LogP) is 5.14. The number of aromatic nitrogens is 2. The average molecular weight is 435 g/mol. The molecule has 0 radical (unpaired) electrons. The summed E-state index contributed by atoms with van der Waals surface area (Å²) in [7, 11) is 1.26. The number of nitrogens with zero attached hydrogens (tertiary/aromatic N) is 3. The Labute approximate surface area is 166 Å². The second-order valence-corrected chi connectivity index (χ2v) is 6.80. The first kappa shape index (κ1) is 21.2. The monoisotopic (exact) mass is 434 g/mol. The number of alkyl halides is 3. The summed E-state index contributed by atoms with van der Waals surface area (Å²) >= 11 is 12.7. The first-order valence-corrected chi connectivity index (χ1v) is 9.12. The van der Waals surface area contributed by atoms with Crippen molar-refractivity contribution in [2.75, 3.05) is 11.6 Å². The van der Waals surface area contributed by atoms with Crippen LogP contribution in [0, 0.1) is 11.3 Å². The van der Waals surface area contributed by atoms with Gasteiger partial charge in [-0.15, -0.1) is 11.8 Å². The zero-order valence-electron chi connectivity index (χ0n) is 13.9. The molecule has 0 saturated carbocycles. The van der Waals surface area contributed by atoms with Crippen molar-refractivity contribution in [1.82, 2.24) is 9.78 Å². The Balaban J connectivity index is 2.50. The number of allylic oxidation sites excluding steroid dienone is 1. The van der Waals surface area contributed by atoms with Crippen LogP contribution in [0.5, 0.6) is 0 Å². The molecule has 2 aromatic rings. The van der Waals surface area contributed by atoms with E-state index in [0.29, 0.717) is 10.7 Å². The van der Waals surface area contributed by atoms with E-state index in [1.807, 2.05) is 0 Å². The summed E-state index contributed by atoms with van der Waals surface area (Å²) in [6, 6.07) is 6.18. The van der Waals surface area contributed by atoms with Crippen molar-refractivity contribution >= 4 is 46.4 Å². The van der Waals surface area contributed by atoms with Crippen LogP contribution < -0.4 is 5.32 Å². The fourth-order valence-electron chi connectivity index (χ4n) is 2.12. The van der Waals surface area contributed by atoms with Crippen molar-refractivity contribution in [2.45, 2.75) is 6.18 Å². The van der Waals surface area contributed by atoms with Gasteiger partial charge >= 0.3 is 6.18 Å². The second kappa shape index (κ2) is 8.25. The van der Waals surface area contributed by atoms with E-state index in [9.17, 15) is 23.2 Å². The van der Waals surface area contributed by atoms with E-state index in [-0.39, 0.29) is 10.1 Å². The second-order valence-electron chi connectivity index (χ2n) is 5.17. The van der Waals surface area contributed by atoms with Gasteiger partial charge in [-0.25, -0.2) is 0 Å². The van der Waals surface area contributed by atoms with Gasteiger partial charge in [0.15, 0.2) is 5.69 Å². The molecule has 0 bridgehead atoms. The van der Waals surface area contributed by atoms with E-state index in [2.05, 4.69) is 10.4 Å². The average Bonchev–Trinajstić information content (AvgIpc) is 3.00. The number of anilines is 1. The van der Waals surface area contributed by atoms with E-state index < -0.39 is 28.8 Å². The summed E-state index contributed by atoms with van der Waals surface area (Å²) in [5.41, 5.74) is -2.12. The minimum Gasteiger partial charge on any atom is -0.349 e. The Hall–Kier alpha value is -2.15. The Bertz CT molecular complexity index is 964. The zero-order valence-corrected chi connectivity index (χ0v) is 16.2. The molecule has 0 aliphatic carbocycles. The number of rotatable bonds is 5. The molecule has 0 aliphatic heterocycles. The maximum absolute atomic E-state index is 13.1. The van der Waals surface area contributed by atoms with Crippen molar-refractivity contribution in [3.8, 4) is 6.07 Å². The van der Waals surface area contributed by atoms with E-state index in [4.69, 9.17) is 23.2 Å². The van der Waals surface area contributed by atoms with Crippen LogP contribution in [0.1, 0.15) is 16.1 Å². The summed E-state index contributed by atoms with van der Waals surface area (Å²) < 4.78 is 40.3. The number of nitrogens with one attached hydrogen (secondary N) is 1. The third kappa shape index (κ3) is 4.77. The number of carbonyl (C=O) groups excluding carboxylic acids is 1. The van der Waals surface area contributed by atoms with E-state index in [0.717, 1.165) is 22.6 Å². The highest BCUT2D eigenvalue weighted by Crippen LogP contribution is 2.33. The minimum atomic E-state index is -4.83. The van der Waals surface area contributed by atoms with Gasteiger partial charge < -0.3 is 5.32 Å². The predicted molar refractivity (Wildman–Crippen MR) is 98.8 cm³/mol. The summed E-state index contributed by atoms with van der Waals surface area (Å²) in [4.78, 5) is 12.6. The number of carbonyl (C=O) groups is 1. The molecule has 0 fully saturated rings. The number of aryl methyl sites for hydroxylation is 1. The standard InChI is InChI=1S/C16H11Cl2F3N4OS/c1-25-7-10(14(24-25)16(19,20)21)13(26)9(6-22)15(27-2)23-8-3-4-11(17)12(18)5-8/h3-5,7,23H,1-2H3. The SMILES string of the molecule is CSC(Nc1ccc(Cl)c(Cl)c1)=C(C#N)C(=O)c1cn(C)nc1C(F)(F)F. The van der Waals surface area contributed by atoms with Crippen molar-refractivity contribution in [2.24, 2.45) is 7.05 Å². The third-order valence-electron chi connectivity index (χ3n) is 3.29. The van der Waals surface area contributed by atoms with Crippen LogP contribution in [0.15, 0.2) is 35.0 Å². The van der Waals surface area contributed by atoms with Crippen LogP contribution in [0.25, 0.3) is 0 Å². The Morgan fingerprint density at radius 3 is 2.52 bits per heavy atom. The lowest BCUT2D eigenvalue weighted by Crippen LogP contribution is -2.15. The zero-order chi connectivity index (χ0) is 20.4. The molecule has 142 valence electrons. The lowest BCUT2D eigenvalue weighted by Gasteiger charge is -2.12. The normalized spacial score (nSPS) is 12.4. The molecule has 2 rings (SSSR count). The minimum absolute atomic E-state index is 0.0675. The van der Waals surface area contributed by atoms with E-state index in [1.54, 1.807) is 18.4 Å². The molecule has 0 amide bonds. The maximum Gasteiger partial charge on any atom is 0.435 e. The van der Waals surface area contributed by atoms with Crippen LogP contribution in [-0.4, -0.2) is 21.8 Å². The molecule has 0 aliphatic rings. The topological polar surface area (TPSA) is 70.7 Å². The van der Waals surface area contributed by atoms with E-state index >= 15 is 0 Å². The van der Waals surface area contributed by atoms with Gasteiger partial charge in [0.25, 0.3) is 0 Å². The Morgan fingerprint density at radius 2 is 2.00 bits per heavy atom. The summed E-state index contributed by atoms with van der Waals surface area (Å²) in [5.74, 6) is -1.09. The maximum atomic E-state index is 13.1. The molecule has 27 heavy (non-hydrogen) atoms. The number of nitriles is 1. The number of halogens is 5. The van der Waals surface area contributed by atoms with Crippen LogP contribution in [0.2, 0.25) is 10.0 Å². The fraction of sp³-hybridized carbons (Fsp3) is 0.188. The smallest absolute Gasteiger partial charge is 0.349 e. The summed E-state index contributed by atoms with van der Waals surface area (Å²) in [5, 5.41) is 16.1. The lowest BCUT2D eigenvalue weighted by atomic mass is 10.1. The van der Waals surface area contributed by atoms with Crippen molar-refractivity contribution < 1.29 is 18.0 Å². The highest BCUT2D eigenvalue weighted by atomic mass is 35.5. The molecular weight excluding hydrogens is 424 g/mol. The molecular formula is C16H11Cl2F3N4OS. The number of hydrogen-bond acceptors (Lipinski definition) is 5. The Morgan fingerprint density at radius 1 is 1.33 bits per heavy atom. The Kier molecular flexibility index (Phi) is 6.46. The highest BCUT2D eigenvalue weighted by Gasteiger charge is 2.39. The number of ketones is 1. The van der Waals surface area contributed by atoms with Gasteiger partial charge in [0.2, 0.25) is 5.78 Å². The fourth-order valence-corrected chi connectivity index (χ4v) is 2.98. The molecule has 1 heterocycles. The molecule has 1 N–H and O–H groups in total. The molecule has 11 heteroatoms. The number of thioether (sulfide) groups is 1. The number of hydrogen-bond donors (Lipinski definition) is 1. The van der Waals surface area contributed by atoms with Gasteiger partial charge in [0, 0.05) is 18.9 Å². The summed E-state index contributed by atoms with van der Waals surface area (Å²) in [6.07, 6.45) is -2.33. The van der Waals surface area contributed by atoms with Crippen molar-refractivity contribution in [3.05, 3.63) is 56.3 Å². The number of Topliss-reactive ketones (excluding diaryl/α,β-unsaturated/α-hetero) is 1. The number of benzene rings is 1.